The van der Waals surface area contributed by atoms with E-state index < -0.39 is 11.7 Å². The highest BCUT2D eigenvalue weighted by Gasteiger charge is 2.33. The summed E-state index contributed by atoms with van der Waals surface area (Å²) in [6, 6.07) is 0. The first-order valence-corrected chi connectivity index (χ1v) is 3.78. The van der Waals surface area contributed by atoms with Gasteiger partial charge in [-0.25, -0.2) is 0 Å². The number of halogens is 3. The Bertz CT molecular complexity index is 231. The molecule has 0 radical (unpaired) electrons. The Morgan fingerprint density at radius 2 is 1.92 bits per heavy atom. The molecule has 0 aromatic carbocycles. The van der Waals surface area contributed by atoms with Gasteiger partial charge in [-0.1, -0.05) is 32.1 Å². The summed E-state index contributed by atoms with van der Waals surface area (Å²) in [5, 5.41) is 0. The Labute approximate surface area is 69.8 Å². The second-order valence-corrected chi connectivity index (χ2v) is 3.68. The van der Waals surface area contributed by atoms with Crippen LogP contribution in [-0.4, -0.2) is 6.18 Å². The van der Waals surface area contributed by atoms with Gasteiger partial charge in [0.1, 0.15) is 0 Å². The molecule has 1 aliphatic rings. The van der Waals surface area contributed by atoms with Crippen molar-refractivity contribution < 1.29 is 13.2 Å². The molecule has 0 fully saturated rings. The maximum Gasteiger partial charge on any atom is 0.416 e. The highest BCUT2D eigenvalue weighted by molar-refractivity contribution is 5.29. The molecule has 0 aromatic rings. The predicted molar refractivity (Wildman–Crippen MR) is 41.7 cm³/mol. The molecule has 0 nitrogen and oxygen atoms in total. The summed E-state index contributed by atoms with van der Waals surface area (Å²) >= 11 is 0. The van der Waals surface area contributed by atoms with Gasteiger partial charge in [-0.05, 0) is 11.8 Å². The number of hydrogen-bond acceptors (Lipinski definition) is 0. The van der Waals surface area contributed by atoms with Gasteiger partial charge in [0.05, 0.1) is 5.57 Å². The first-order chi connectivity index (χ1) is 5.31. The van der Waals surface area contributed by atoms with Crippen LogP contribution in [0.3, 0.4) is 0 Å². The average Bonchev–Trinajstić information content (AvgIpc) is 1.83. The summed E-state index contributed by atoms with van der Waals surface area (Å²) in [4.78, 5) is 0. The zero-order chi connectivity index (χ0) is 9.41. The third-order valence-corrected chi connectivity index (χ3v) is 1.89. The summed E-state index contributed by atoms with van der Waals surface area (Å²) in [6.45, 7) is 3.82. The minimum atomic E-state index is -4.19. The van der Waals surface area contributed by atoms with E-state index >= 15 is 0 Å². The molecule has 0 saturated heterocycles. The maximum atomic E-state index is 12.1. The average molecular weight is 176 g/mol. The molecule has 0 amide bonds. The van der Waals surface area contributed by atoms with Gasteiger partial charge in [-0.15, -0.1) is 0 Å². The molecule has 0 saturated carbocycles. The molecule has 0 aromatic heterocycles. The molecule has 0 bridgehead atoms. The van der Waals surface area contributed by atoms with Crippen molar-refractivity contribution in [1.82, 2.24) is 0 Å². The molecular weight excluding hydrogens is 165 g/mol. The third-order valence-electron chi connectivity index (χ3n) is 1.89. The zero-order valence-corrected chi connectivity index (χ0v) is 7.07. The molecule has 1 rings (SSSR count). The van der Waals surface area contributed by atoms with E-state index in [1.165, 1.54) is 6.08 Å². The van der Waals surface area contributed by atoms with Gasteiger partial charge in [0.2, 0.25) is 0 Å². The van der Waals surface area contributed by atoms with E-state index in [4.69, 9.17) is 0 Å². The monoisotopic (exact) mass is 176 g/mol. The fourth-order valence-corrected chi connectivity index (χ4v) is 1.03. The SMILES string of the molecule is CC1(C)C=CC(C(F)(F)F)=CC1. The van der Waals surface area contributed by atoms with Crippen molar-refractivity contribution in [2.75, 3.05) is 0 Å². The number of rotatable bonds is 0. The fraction of sp³-hybridized carbons (Fsp3) is 0.556. The fourth-order valence-electron chi connectivity index (χ4n) is 1.03. The highest BCUT2D eigenvalue weighted by atomic mass is 19.4. The van der Waals surface area contributed by atoms with Crippen molar-refractivity contribution in [3.63, 3.8) is 0 Å². The quantitative estimate of drug-likeness (QED) is 0.530. The summed E-state index contributed by atoms with van der Waals surface area (Å²) in [5.41, 5.74) is -0.656. The van der Waals surface area contributed by atoms with Crippen LogP contribution in [0.1, 0.15) is 20.3 Å². The van der Waals surface area contributed by atoms with Gasteiger partial charge < -0.3 is 0 Å². The Morgan fingerprint density at radius 3 is 2.25 bits per heavy atom. The van der Waals surface area contributed by atoms with Gasteiger partial charge in [0.15, 0.2) is 0 Å². The van der Waals surface area contributed by atoms with Crippen LogP contribution in [0.4, 0.5) is 13.2 Å². The van der Waals surface area contributed by atoms with E-state index in [-0.39, 0.29) is 5.41 Å². The van der Waals surface area contributed by atoms with E-state index in [0.29, 0.717) is 6.42 Å². The van der Waals surface area contributed by atoms with Crippen LogP contribution in [0, 0.1) is 5.41 Å². The van der Waals surface area contributed by atoms with E-state index in [2.05, 4.69) is 0 Å². The highest BCUT2D eigenvalue weighted by Crippen LogP contribution is 2.35. The van der Waals surface area contributed by atoms with Crippen LogP contribution in [0.15, 0.2) is 23.8 Å². The van der Waals surface area contributed by atoms with E-state index in [1.54, 1.807) is 6.08 Å². The number of allylic oxidation sites excluding steroid dienone is 4. The summed E-state index contributed by atoms with van der Waals surface area (Å²) in [7, 11) is 0. The lowest BCUT2D eigenvalue weighted by atomic mass is 9.84. The van der Waals surface area contributed by atoms with Crippen LogP contribution < -0.4 is 0 Å². The van der Waals surface area contributed by atoms with Crippen molar-refractivity contribution >= 4 is 0 Å². The predicted octanol–water partition coefficient (Wildman–Crippen LogP) is 3.46. The van der Waals surface area contributed by atoms with Crippen LogP contribution >= 0.6 is 0 Å². The Kier molecular flexibility index (Phi) is 2.06. The minimum absolute atomic E-state index is 0.130. The van der Waals surface area contributed by atoms with Crippen molar-refractivity contribution in [1.29, 1.82) is 0 Å². The number of hydrogen-bond donors (Lipinski definition) is 0. The largest absolute Gasteiger partial charge is 0.416 e. The van der Waals surface area contributed by atoms with Crippen molar-refractivity contribution in [2.24, 2.45) is 5.41 Å². The van der Waals surface area contributed by atoms with Gasteiger partial charge in [0.25, 0.3) is 0 Å². The Balaban J connectivity index is 2.78. The standard InChI is InChI=1S/C9H11F3/c1-8(2)5-3-7(4-6-8)9(10,11)12/h3-5H,6H2,1-2H3. The van der Waals surface area contributed by atoms with Crippen LogP contribution in [0.25, 0.3) is 0 Å². The molecule has 0 spiro atoms. The van der Waals surface area contributed by atoms with Crippen molar-refractivity contribution in [3.05, 3.63) is 23.8 Å². The van der Waals surface area contributed by atoms with Gasteiger partial charge >= 0.3 is 6.18 Å². The molecule has 3 heteroatoms. The van der Waals surface area contributed by atoms with Crippen molar-refractivity contribution in [2.45, 2.75) is 26.4 Å². The van der Waals surface area contributed by atoms with Gasteiger partial charge in [0, 0.05) is 0 Å². The van der Waals surface area contributed by atoms with E-state index in [0.717, 1.165) is 6.08 Å². The second kappa shape index (κ2) is 2.64. The van der Waals surface area contributed by atoms with Gasteiger partial charge in [-0.3, -0.25) is 0 Å². The van der Waals surface area contributed by atoms with Gasteiger partial charge in [-0.2, -0.15) is 13.2 Å². The molecule has 1 aliphatic carbocycles. The second-order valence-electron chi connectivity index (χ2n) is 3.68. The summed E-state index contributed by atoms with van der Waals surface area (Å²) in [5.74, 6) is 0. The summed E-state index contributed by atoms with van der Waals surface area (Å²) in [6.07, 6.45) is 0.282. The Hall–Kier alpha value is -0.730. The maximum absolute atomic E-state index is 12.1. The minimum Gasteiger partial charge on any atom is -0.166 e. The lowest BCUT2D eigenvalue weighted by molar-refractivity contribution is -0.0888. The van der Waals surface area contributed by atoms with Crippen molar-refractivity contribution in [3.8, 4) is 0 Å². The molecule has 12 heavy (non-hydrogen) atoms. The van der Waals surface area contributed by atoms with E-state index in [9.17, 15) is 13.2 Å². The molecule has 0 atom stereocenters. The van der Waals surface area contributed by atoms with Crippen LogP contribution in [0.5, 0.6) is 0 Å². The normalized spacial score (nSPS) is 22.2. The molecule has 0 heterocycles. The van der Waals surface area contributed by atoms with Crippen LogP contribution in [0.2, 0.25) is 0 Å². The Morgan fingerprint density at radius 1 is 1.33 bits per heavy atom. The molecular formula is C9H11F3. The zero-order valence-electron chi connectivity index (χ0n) is 7.07. The molecule has 0 unspecified atom stereocenters. The smallest absolute Gasteiger partial charge is 0.166 e. The lowest BCUT2D eigenvalue weighted by Crippen LogP contribution is -2.16. The lowest BCUT2D eigenvalue weighted by Gasteiger charge is -2.23. The van der Waals surface area contributed by atoms with Crippen LogP contribution in [-0.2, 0) is 0 Å². The summed E-state index contributed by atoms with van der Waals surface area (Å²) < 4.78 is 36.2. The first kappa shape index (κ1) is 9.36. The first-order valence-electron chi connectivity index (χ1n) is 3.78. The number of alkyl halides is 3. The molecule has 0 aliphatic heterocycles. The van der Waals surface area contributed by atoms with E-state index in [1.807, 2.05) is 13.8 Å². The molecule has 68 valence electrons. The topological polar surface area (TPSA) is 0 Å². The molecule has 0 N–H and O–H groups in total. The third kappa shape index (κ3) is 2.13.